The molecule has 1 aliphatic rings. The third kappa shape index (κ3) is 5.54. The zero-order valence-electron chi connectivity index (χ0n) is 16.3. The van der Waals surface area contributed by atoms with E-state index in [1.54, 1.807) is 0 Å². The number of likely N-dealkylation sites (N-methyl/N-ethyl adjacent to an activating group) is 1. The minimum Gasteiger partial charge on any atom is -0.480 e. The van der Waals surface area contributed by atoms with E-state index in [1.807, 2.05) is 31.0 Å². The summed E-state index contributed by atoms with van der Waals surface area (Å²) in [4.78, 5) is 27.4. The Balaban J connectivity index is 1.88. The van der Waals surface area contributed by atoms with Crippen molar-refractivity contribution in [3.05, 3.63) is 29.3 Å². The van der Waals surface area contributed by atoms with Crippen molar-refractivity contribution >= 4 is 17.6 Å². The van der Waals surface area contributed by atoms with Crippen molar-refractivity contribution in [2.75, 3.05) is 38.5 Å². The van der Waals surface area contributed by atoms with E-state index in [1.165, 1.54) is 0 Å². The van der Waals surface area contributed by atoms with Crippen molar-refractivity contribution in [3.63, 3.8) is 0 Å². The van der Waals surface area contributed by atoms with Crippen molar-refractivity contribution < 1.29 is 14.7 Å². The second-order valence-corrected chi connectivity index (χ2v) is 7.56. The molecule has 0 atom stereocenters. The van der Waals surface area contributed by atoms with Crippen LogP contribution in [0.4, 0.5) is 5.69 Å². The zero-order valence-corrected chi connectivity index (χ0v) is 16.3. The Labute approximate surface area is 156 Å². The number of piperidine rings is 1. The maximum absolute atomic E-state index is 12.5. The molecule has 0 aliphatic carbocycles. The van der Waals surface area contributed by atoms with Gasteiger partial charge in [-0.15, -0.1) is 0 Å². The SMILES string of the molecule is Cc1cccc(C(C)C)c1NC(=O)CN1CCC(N(C)CC(=O)O)CC1. The number of para-hydroxylation sites is 1. The molecule has 0 radical (unpaired) electrons. The number of carboxylic acids is 1. The fraction of sp³-hybridized carbons (Fsp3) is 0.600. The highest BCUT2D eigenvalue weighted by Crippen LogP contribution is 2.27. The lowest BCUT2D eigenvalue weighted by atomic mass is 9.98. The van der Waals surface area contributed by atoms with E-state index in [-0.39, 0.29) is 18.5 Å². The second-order valence-electron chi connectivity index (χ2n) is 7.56. The highest BCUT2D eigenvalue weighted by molar-refractivity contribution is 5.93. The number of aryl methyl sites for hydroxylation is 1. The van der Waals surface area contributed by atoms with Crippen LogP contribution in [0.3, 0.4) is 0 Å². The number of hydrogen-bond donors (Lipinski definition) is 2. The molecule has 1 amide bonds. The van der Waals surface area contributed by atoms with Gasteiger partial charge in [0, 0.05) is 24.8 Å². The van der Waals surface area contributed by atoms with Gasteiger partial charge in [-0.2, -0.15) is 0 Å². The summed E-state index contributed by atoms with van der Waals surface area (Å²) in [6.45, 7) is 8.34. The normalized spacial score (nSPS) is 16.2. The van der Waals surface area contributed by atoms with Crippen LogP contribution >= 0.6 is 0 Å². The average Bonchev–Trinajstić information content (AvgIpc) is 2.56. The molecule has 6 nitrogen and oxygen atoms in total. The van der Waals surface area contributed by atoms with Gasteiger partial charge in [-0.05, 0) is 43.9 Å². The van der Waals surface area contributed by atoms with Gasteiger partial charge in [0.25, 0.3) is 0 Å². The standard InChI is InChI=1S/C20H31N3O3/c1-14(2)17-7-5-6-15(3)20(17)21-18(24)12-23-10-8-16(9-11-23)22(4)13-19(25)26/h5-7,14,16H,8-13H2,1-4H3,(H,21,24)(H,25,26). The number of benzene rings is 1. The van der Waals surface area contributed by atoms with Gasteiger partial charge >= 0.3 is 5.97 Å². The highest BCUT2D eigenvalue weighted by Gasteiger charge is 2.25. The van der Waals surface area contributed by atoms with Crippen molar-refractivity contribution in [1.29, 1.82) is 0 Å². The van der Waals surface area contributed by atoms with Gasteiger partial charge in [0.15, 0.2) is 0 Å². The molecule has 1 saturated heterocycles. The molecule has 144 valence electrons. The molecule has 1 aromatic carbocycles. The Morgan fingerprint density at radius 2 is 1.96 bits per heavy atom. The van der Waals surface area contributed by atoms with E-state index in [2.05, 4.69) is 30.1 Å². The van der Waals surface area contributed by atoms with Crippen LogP contribution in [0.25, 0.3) is 0 Å². The van der Waals surface area contributed by atoms with Crippen LogP contribution in [0.15, 0.2) is 18.2 Å². The summed E-state index contributed by atoms with van der Waals surface area (Å²) in [7, 11) is 1.85. The summed E-state index contributed by atoms with van der Waals surface area (Å²) in [6, 6.07) is 6.38. The third-order valence-electron chi connectivity index (χ3n) is 5.12. The summed E-state index contributed by atoms with van der Waals surface area (Å²) in [5.74, 6) is -0.433. The van der Waals surface area contributed by atoms with E-state index in [0.717, 1.165) is 42.7 Å². The first-order valence-electron chi connectivity index (χ1n) is 9.31. The molecule has 0 spiro atoms. The largest absolute Gasteiger partial charge is 0.480 e. The quantitative estimate of drug-likeness (QED) is 0.781. The first-order chi connectivity index (χ1) is 12.3. The molecule has 2 N–H and O–H groups in total. The van der Waals surface area contributed by atoms with Crippen LogP contribution in [-0.2, 0) is 9.59 Å². The zero-order chi connectivity index (χ0) is 19.3. The number of rotatable bonds is 7. The lowest BCUT2D eigenvalue weighted by Crippen LogP contribution is -2.46. The van der Waals surface area contributed by atoms with Crippen molar-refractivity contribution in [2.24, 2.45) is 0 Å². The van der Waals surface area contributed by atoms with Gasteiger partial charge in [0.05, 0.1) is 13.1 Å². The lowest BCUT2D eigenvalue weighted by molar-refractivity contribution is -0.138. The van der Waals surface area contributed by atoms with E-state index in [4.69, 9.17) is 5.11 Å². The Morgan fingerprint density at radius 3 is 2.54 bits per heavy atom. The highest BCUT2D eigenvalue weighted by atomic mass is 16.4. The number of amides is 1. The summed E-state index contributed by atoms with van der Waals surface area (Å²) in [6.07, 6.45) is 1.78. The van der Waals surface area contributed by atoms with Gasteiger partial charge in [-0.25, -0.2) is 0 Å². The van der Waals surface area contributed by atoms with Gasteiger partial charge < -0.3 is 10.4 Å². The Kier molecular flexibility index (Phi) is 7.17. The summed E-state index contributed by atoms with van der Waals surface area (Å²) >= 11 is 0. The van der Waals surface area contributed by atoms with Gasteiger partial charge in [0.1, 0.15) is 0 Å². The number of anilines is 1. The van der Waals surface area contributed by atoms with Gasteiger partial charge in [-0.3, -0.25) is 19.4 Å². The fourth-order valence-corrected chi connectivity index (χ4v) is 3.59. The Morgan fingerprint density at radius 1 is 1.31 bits per heavy atom. The van der Waals surface area contributed by atoms with Crippen LogP contribution < -0.4 is 5.32 Å². The molecule has 1 aromatic rings. The number of nitrogens with zero attached hydrogens (tertiary/aromatic N) is 2. The first-order valence-corrected chi connectivity index (χ1v) is 9.31. The lowest BCUT2D eigenvalue weighted by Gasteiger charge is -2.35. The average molecular weight is 361 g/mol. The number of hydrogen-bond acceptors (Lipinski definition) is 4. The van der Waals surface area contributed by atoms with Crippen LogP contribution in [0.1, 0.15) is 43.7 Å². The first kappa shape index (κ1) is 20.4. The topological polar surface area (TPSA) is 72.9 Å². The number of carbonyl (C=O) groups is 2. The molecule has 2 rings (SSSR count). The van der Waals surface area contributed by atoms with Crippen molar-refractivity contribution in [3.8, 4) is 0 Å². The maximum atomic E-state index is 12.5. The van der Waals surface area contributed by atoms with Crippen LogP contribution in [-0.4, -0.2) is 66.1 Å². The third-order valence-corrected chi connectivity index (χ3v) is 5.12. The molecule has 0 bridgehead atoms. The molecule has 1 aliphatic heterocycles. The number of likely N-dealkylation sites (tertiary alicyclic amines) is 1. The van der Waals surface area contributed by atoms with E-state index in [9.17, 15) is 9.59 Å². The number of aliphatic carboxylic acids is 1. The molecule has 0 saturated carbocycles. The minimum absolute atomic E-state index is 0.0125. The monoisotopic (exact) mass is 361 g/mol. The summed E-state index contributed by atoms with van der Waals surface area (Å²) in [5.41, 5.74) is 3.18. The van der Waals surface area contributed by atoms with Crippen molar-refractivity contribution in [2.45, 2.75) is 45.6 Å². The molecular weight excluding hydrogens is 330 g/mol. The second kappa shape index (κ2) is 9.14. The number of carboxylic acid groups (broad SMARTS) is 1. The smallest absolute Gasteiger partial charge is 0.317 e. The van der Waals surface area contributed by atoms with Crippen LogP contribution in [0.2, 0.25) is 0 Å². The Bertz CT molecular complexity index is 637. The number of carbonyl (C=O) groups excluding carboxylic acids is 1. The molecule has 0 aromatic heterocycles. The number of nitrogens with one attached hydrogen (secondary N) is 1. The van der Waals surface area contributed by atoms with E-state index in [0.29, 0.717) is 12.5 Å². The molecule has 6 heteroatoms. The van der Waals surface area contributed by atoms with Crippen molar-refractivity contribution in [1.82, 2.24) is 9.80 Å². The van der Waals surface area contributed by atoms with E-state index >= 15 is 0 Å². The minimum atomic E-state index is -0.798. The summed E-state index contributed by atoms with van der Waals surface area (Å²) in [5, 5.41) is 12.0. The summed E-state index contributed by atoms with van der Waals surface area (Å²) < 4.78 is 0. The van der Waals surface area contributed by atoms with E-state index < -0.39 is 5.97 Å². The molecule has 1 heterocycles. The molecular formula is C20H31N3O3. The predicted octanol–water partition coefficient (Wildman–Crippen LogP) is 2.54. The molecule has 26 heavy (non-hydrogen) atoms. The maximum Gasteiger partial charge on any atom is 0.317 e. The molecule has 0 unspecified atom stereocenters. The van der Waals surface area contributed by atoms with Crippen LogP contribution in [0.5, 0.6) is 0 Å². The molecule has 1 fully saturated rings. The fourth-order valence-electron chi connectivity index (χ4n) is 3.59. The predicted molar refractivity (Wildman–Crippen MR) is 104 cm³/mol. The Hall–Kier alpha value is -1.92. The van der Waals surface area contributed by atoms with Crippen LogP contribution in [0, 0.1) is 6.92 Å². The van der Waals surface area contributed by atoms with Gasteiger partial charge in [-0.1, -0.05) is 32.0 Å². The van der Waals surface area contributed by atoms with Gasteiger partial charge in [0.2, 0.25) is 5.91 Å².